The lowest BCUT2D eigenvalue weighted by atomic mass is 10.3. The van der Waals surface area contributed by atoms with E-state index in [1.54, 1.807) is 12.4 Å². The molecule has 0 atom stereocenters. The molecule has 250 valence electrons. The molecule has 0 aliphatic rings. The van der Waals surface area contributed by atoms with Gasteiger partial charge in [-0.2, -0.15) is 0 Å². The zero-order valence-electron chi connectivity index (χ0n) is 26.4. The van der Waals surface area contributed by atoms with E-state index in [0.29, 0.717) is 24.6 Å². The summed E-state index contributed by atoms with van der Waals surface area (Å²) in [6.45, 7) is 0. The SMILES string of the molecule is O=S(=O)([O-])CCC[P+](Cc1nccnc1C[P+](CCCS(=O)(=O)[O-])(c1ccccc1)c1ccccc1)(c1ccccc1)c1ccccc1. The Hall–Kier alpha value is -3.36. The largest absolute Gasteiger partial charge is 0.748 e. The lowest BCUT2D eigenvalue weighted by Crippen LogP contribution is -2.30. The number of benzene rings is 4. The van der Waals surface area contributed by atoms with Crippen molar-refractivity contribution in [1.29, 1.82) is 0 Å². The van der Waals surface area contributed by atoms with E-state index in [2.05, 4.69) is 48.5 Å². The molecule has 0 fully saturated rings. The molecule has 5 rings (SSSR count). The standard InChI is InChI=1S/C36H38N2O6P2S2/c39-47(40,41)27-13-25-45(31-15-5-1-6-16-31,32-17-7-2-8-18-32)29-35-36(38-24-23-37-35)30-46(26-14-28-48(42,43)44,33-19-9-3-10-20-33)34-21-11-4-12-22-34/h1-12,15-24H,13-14,25-30H2. The lowest BCUT2D eigenvalue weighted by Gasteiger charge is -2.30. The third-order valence-electron chi connectivity index (χ3n) is 8.57. The Morgan fingerprint density at radius 2 is 0.729 bits per heavy atom. The summed E-state index contributed by atoms with van der Waals surface area (Å²) in [5, 5.41) is 4.29. The molecule has 0 saturated heterocycles. The number of hydrogen-bond donors (Lipinski definition) is 0. The number of aromatic nitrogens is 2. The van der Waals surface area contributed by atoms with Gasteiger partial charge in [-0.3, -0.25) is 9.97 Å². The second-order valence-corrected chi connectivity index (χ2v) is 22.2. The molecule has 0 amide bonds. The van der Waals surface area contributed by atoms with Crippen LogP contribution in [0.3, 0.4) is 0 Å². The predicted molar refractivity (Wildman–Crippen MR) is 196 cm³/mol. The first kappa shape index (κ1) is 35.9. The smallest absolute Gasteiger partial charge is 0.113 e. The maximum atomic E-state index is 11.8. The summed E-state index contributed by atoms with van der Waals surface area (Å²) < 4.78 is 70.5. The van der Waals surface area contributed by atoms with Crippen LogP contribution in [0.15, 0.2) is 134 Å². The molecule has 4 aromatic carbocycles. The van der Waals surface area contributed by atoms with Gasteiger partial charge in [0.1, 0.15) is 23.7 Å². The average molecular weight is 721 g/mol. The van der Waals surface area contributed by atoms with Gasteiger partial charge >= 0.3 is 0 Å². The van der Waals surface area contributed by atoms with Crippen molar-refractivity contribution in [2.45, 2.75) is 25.2 Å². The number of nitrogens with zero attached hydrogens (tertiary/aromatic N) is 2. The molecule has 48 heavy (non-hydrogen) atoms. The molecule has 0 saturated carbocycles. The fraction of sp³-hybridized carbons (Fsp3) is 0.222. The highest BCUT2D eigenvalue weighted by Gasteiger charge is 2.47. The Morgan fingerprint density at radius 3 is 0.979 bits per heavy atom. The Kier molecular flexibility index (Phi) is 11.9. The average Bonchev–Trinajstić information content (AvgIpc) is 3.08. The summed E-state index contributed by atoms with van der Waals surface area (Å²) in [7, 11) is -13.6. The first-order valence-electron chi connectivity index (χ1n) is 15.6. The summed E-state index contributed by atoms with van der Waals surface area (Å²) in [6, 6.07) is 40.1. The Labute approximate surface area is 284 Å². The third kappa shape index (κ3) is 9.20. The Bertz CT molecular complexity index is 1760. The molecule has 0 aliphatic carbocycles. The third-order valence-corrected chi connectivity index (χ3v) is 19.1. The van der Waals surface area contributed by atoms with Gasteiger partial charge in [-0.1, -0.05) is 72.8 Å². The Balaban J connectivity index is 1.66. The van der Waals surface area contributed by atoms with Gasteiger partial charge in [0.05, 0.1) is 68.3 Å². The van der Waals surface area contributed by atoms with Crippen molar-refractivity contribution in [3.63, 3.8) is 0 Å². The van der Waals surface area contributed by atoms with Gasteiger partial charge in [-0.15, -0.1) is 0 Å². The van der Waals surface area contributed by atoms with Crippen LogP contribution in [0.2, 0.25) is 0 Å². The van der Waals surface area contributed by atoms with Gasteiger partial charge in [-0.25, -0.2) is 16.8 Å². The Morgan fingerprint density at radius 1 is 0.458 bits per heavy atom. The molecule has 0 unspecified atom stereocenters. The van der Waals surface area contributed by atoms with E-state index < -0.39 is 46.3 Å². The molecule has 12 heteroatoms. The minimum atomic E-state index is -4.42. The fourth-order valence-corrected chi connectivity index (χ4v) is 16.4. The van der Waals surface area contributed by atoms with Crippen LogP contribution in [-0.4, -0.2) is 59.7 Å². The van der Waals surface area contributed by atoms with Crippen molar-refractivity contribution in [2.24, 2.45) is 0 Å². The topological polar surface area (TPSA) is 140 Å². The van der Waals surface area contributed by atoms with Crippen LogP contribution in [-0.2, 0) is 32.6 Å². The number of hydrogen-bond acceptors (Lipinski definition) is 8. The first-order valence-corrected chi connectivity index (χ1v) is 23.1. The minimum absolute atomic E-state index is 0.202. The van der Waals surface area contributed by atoms with Crippen LogP contribution in [0.4, 0.5) is 0 Å². The summed E-state index contributed by atoms with van der Waals surface area (Å²) in [5.41, 5.74) is 1.55. The zero-order chi connectivity index (χ0) is 34.1. The van der Waals surface area contributed by atoms with Crippen LogP contribution in [0, 0.1) is 0 Å². The molecular weight excluding hydrogens is 682 g/mol. The van der Waals surface area contributed by atoms with E-state index in [-0.39, 0.29) is 12.8 Å². The molecular formula is C36H38N2O6P2S2. The van der Waals surface area contributed by atoms with Gasteiger partial charge in [-0.05, 0) is 61.4 Å². The lowest BCUT2D eigenvalue weighted by molar-refractivity contribution is 0.460. The van der Waals surface area contributed by atoms with E-state index in [4.69, 9.17) is 9.97 Å². The van der Waals surface area contributed by atoms with Crippen LogP contribution >= 0.6 is 14.5 Å². The van der Waals surface area contributed by atoms with Gasteiger partial charge in [0.15, 0.2) is 0 Å². The molecule has 0 bridgehead atoms. The van der Waals surface area contributed by atoms with Crippen LogP contribution in [0.25, 0.3) is 0 Å². The molecule has 0 N–H and O–H groups in total. The summed E-state index contributed by atoms with van der Waals surface area (Å²) in [4.78, 5) is 9.84. The van der Waals surface area contributed by atoms with Crippen molar-refractivity contribution in [1.82, 2.24) is 9.97 Å². The van der Waals surface area contributed by atoms with Crippen molar-refractivity contribution >= 4 is 56.0 Å². The highest BCUT2D eigenvalue weighted by atomic mass is 32.2. The monoisotopic (exact) mass is 720 g/mol. The van der Waals surface area contributed by atoms with E-state index in [0.717, 1.165) is 32.6 Å². The maximum Gasteiger partial charge on any atom is 0.113 e. The van der Waals surface area contributed by atoms with E-state index in [1.165, 1.54) is 0 Å². The van der Waals surface area contributed by atoms with Crippen LogP contribution < -0.4 is 21.2 Å². The van der Waals surface area contributed by atoms with Crippen molar-refractivity contribution < 1.29 is 25.9 Å². The van der Waals surface area contributed by atoms with Gasteiger partial charge < -0.3 is 9.11 Å². The van der Waals surface area contributed by atoms with Gasteiger partial charge in [0.25, 0.3) is 0 Å². The van der Waals surface area contributed by atoms with Crippen molar-refractivity contribution in [3.8, 4) is 0 Å². The number of rotatable bonds is 16. The molecule has 5 aromatic rings. The van der Waals surface area contributed by atoms with Crippen LogP contribution in [0.5, 0.6) is 0 Å². The fourth-order valence-electron chi connectivity index (χ4n) is 6.38. The highest BCUT2D eigenvalue weighted by molar-refractivity contribution is 7.89. The second kappa shape index (κ2) is 15.9. The predicted octanol–water partition coefficient (Wildman–Crippen LogP) is 4.68. The van der Waals surface area contributed by atoms with Gasteiger partial charge in [0, 0.05) is 23.9 Å². The zero-order valence-corrected chi connectivity index (χ0v) is 29.8. The molecule has 8 nitrogen and oxygen atoms in total. The van der Waals surface area contributed by atoms with Crippen molar-refractivity contribution in [2.75, 3.05) is 23.8 Å². The molecule has 1 aromatic heterocycles. The van der Waals surface area contributed by atoms with E-state index in [9.17, 15) is 25.9 Å². The highest BCUT2D eigenvalue weighted by Crippen LogP contribution is 2.62. The summed E-state index contributed by atoms with van der Waals surface area (Å²) in [5.74, 6) is -0.915. The van der Waals surface area contributed by atoms with Gasteiger partial charge in [0.2, 0.25) is 0 Å². The van der Waals surface area contributed by atoms with E-state index in [1.807, 2.05) is 72.8 Å². The molecule has 1 heterocycles. The van der Waals surface area contributed by atoms with E-state index >= 15 is 0 Å². The minimum Gasteiger partial charge on any atom is -0.748 e. The molecule has 0 radical (unpaired) electrons. The quantitative estimate of drug-likeness (QED) is 0.106. The normalized spacial score (nSPS) is 12.5. The molecule has 0 aliphatic heterocycles. The first-order chi connectivity index (χ1) is 23.0. The van der Waals surface area contributed by atoms with Crippen LogP contribution in [0.1, 0.15) is 24.2 Å². The maximum absolute atomic E-state index is 11.8. The second-order valence-electron chi connectivity index (χ2n) is 11.7. The summed E-state index contributed by atoms with van der Waals surface area (Å²) in [6.07, 6.45) is 5.68. The summed E-state index contributed by atoms with van der Waals surface area (Å²) >= 11 is 0. The molecule has 0 spiro atoms. The van der Waals surface area contributed by atoms with Crippen molar-refractivity contribution in [3.05, 3.63) is 145 Å².